The predicted molar refractivity (Wildman–Crippen MR) is 129 cm³/mol. The van der Waals surface area contributed by atoms with Crippen molar-refractivity contribution in [3.8, 4) is 0 Å². The third kappa shape index (κ3) is 8.84. The Labute approximate surface area is 194 Å². The summed E-state index contributed by atoms with van der Waals surface area (Å²) in [4.78, 5) is 25.9. The zero-order chi connectivity index (χ0) is 20.4. The lowest BCUT2D eigenvalue weighted by molar-refractivity contribution is 0.0914. The van der Waals surface area contributed by atoms with Crippen molar-refractivity contribution in [3.05, 3.63) is 0 Å². The van der Waals surface area contributed by atoms with Crippen LogP contribution in [0.5, 0.6) is 0 Å². The Kier molecular flexibility index (Phi) is 12.9. The van der Waals surface area contributed by atoms with Gasteiger partial charge >= 0.3 is 6.09 Å². The minimum Gasteiger partial charge on any atom is -0.450 e. The number of hydrogen-bond acceptors (Lipinski definition) is 5. The Bertz CT molecular complexity index is 491. The number of piperazine rings is 2. The maximum Gasteiger partial charge on any atom is 0.409 e. The number of rotatable bonds is 7. The average molecular weight is 524 g/mol. The second-order valence-corrected chi connectivity index (χ2v) is 7.71. The number of carbonyl (C=O) groups is 1. The van der Waals surface area contributed by atoms with Crippen LogP contribution in [0.4, 0.5) is 4.79 Å². The molecule has 0 aliphatic carbocycles. The van der Waals surface area contributed by atoms with Crippen LogP contribution in [0.2, 0.25) is 0 Å². The Hall–Kier alpha value is -0.810. The van der Waals surface area contributed by atoms with Gasteiger partial charge in [-0.25, -0.2) is 4.79 Å². The van der Waals surface area contributed by atoms with E-state index in [0.29, 0.717) is 25.6 Å². The second kappa shape index (κ2) is 14.2. The molecule has 2 fully saturated rings. The highest BCUT2D eigenvalue weighted by atomic mass is 127. The van der Waals surface area contributed by atoms with E-state index in [1.165, 1.54) is 13.1 Å². The first-order chi connectivity index (χ1) is 13.6. The molecule has 1 amide bonds. The monoisotopic (exact) mass is 524 g/mol. The number of halogens is 1. The Balaban J connectivity index is 0.00000420. The summed E-state index contributed by atoms with van der Waals surface area (Å²) in [6.45, 7) is 20.5. The molecule has 1 atom stereocenters. The third-order valence-electron chi connectivity index (χ3n) is 5.47. The summed E-state index contributed by atoms with van der Waals surface area (Å²) in [6, 6.07) is 0. The molecule has 0 aromatic heterocycles. The minimum atomic E-state index is -0.208. The van der Waals surface area contributed by atoms with Gasteiger partial charge in [0.2, 0.25) is 0 Å². The van der Waals surface area contributed by atoms with Crippen molar-refractivity contribution >= 4 is 36.0 Å². The lowest BCUT2D eigenvalue weighted by Gasteiger charge is -2.36. The lowest BCUT2D eigenvalue weighted by atomic mass is 10.1. The van der Waals surface area contributed by atoms with Crippen molar-refractivity contribution in [2.45, 2.75) is 27.7 Å². The molecule has 1 N–H and O–H groups in total. The van der Waals surface area contributed by atoms with Gasteiger partial charge in [-0.15, -0.1) is 24.0 Å². The van der Waals surface area contributed by atoms with Crippen molar-refractivity contribution in [1.29, 1.82) is 0 Å². The van der Waals surface area contributed by atoms with Crippen molar-refractivity contribution in [2.75, 3.05) is 85.1 Å². The molecular formula is C20H41IN6O2. The molecule has 0 saturated carbocycles. The number of nitrogens with zero attached hydrogens (tertiary/aromatic N) is 5. The first kappa shape index (κ1) is 26.2. The zero-order valence-electron chi connectivity index (χ0n) is 18.7. The van der Waals surface area contributed by atoms with Gasteiger partial charge in [0.1, 0.15) is 0 Å². The van der Waals surface area contributed by atoms with E-state index in [1.807, 2.05) is 6.92 Å². The molecule has 8 nitrogen and oxygen atoms in total. The van der Waals surface area contributed by atoms with Gasteiger partial charge in [0.25, 0.3) is 0 Å². The number of likely N-dealkylation sites (N-methyl/N-ethyl adjacent to an activating group) is 1. The van der Waals surface area contributed by atoms with Crippen molar-refractivity contribution in [1.82, 2.24) is 24.9 Å². The molecule has 2 heterocycles. The molecule has 2 rings (SSSR count). The van der Waals surface area contributed by atoms with E-state index in [4.69, 9.17) is 9.73 Å². The molecule has 0 aromatic rings. The maximum absolute atomic E-state index is 11.9. The highest BCUT2D eigenvalue weighted by Gasteiger charge is 2.24. The van der Waals surface area contributed by atoms with Crippen LogP contribution in [0, 0.1) is 5.92 Å². The third-order valence-corrected chi connectivity index (χ3v) is 5.47. The van der Waals surface area contributed by atoms with E-state index in [1.54, 1.807) is 4.90 Å². The van der Waals surface area contributed by atoms with E-state index >= 15 is 0 Å². The average Bonchev–Trinajstić information content (AvgIpc) is 2.72. The van der Waals surface area contributed by atoms with Crippen molar-refractivity contribution < 1.29 is 9.53 Å². The number of guanidine groups is 1. The molecule has 0 bridgehead atoms. The Morgan fingerprint density at radius 3 is 2.10 bits per heavy atom. The first-order valence-electron chi connectivity index (χ1n) is 11.0. The number of amides is 1. The quantitative estimate of drug-likeness (QED) is 0.310. The first-order valence-corrected chi connectivity index (χ1v) is 11.0. The number of carbonyl (C=O) groups excluding carboxylic acids is 1. The number of ether oxygens (including phenoxy) is 1. The van der Waals surface area contributed by atoms with Crippen LogP contribution >= 0.6 is 24.0 Å². The summed E-state index contributed by atoms with van der Waals surface area (Å²) in [5, 5.41) is 3.41. The van der Waals surface area contributed by atoms with Gasteiger partial charge in [0.15, 0.2) is 5.96 Å². The SMILES string of the molecule is CCNC(=NCC(C)CN1CCN(CC)CC1)N1CCN(C(=O)OCC)CC1.I. The number of aliphatic imine (C=N–C) groups is 1. The summed E-state index contributed by atoms with van der Waals surface area (Å²) in [5.41, 5.74) is 0. The van der Waals surface area contributed by atoms with Crippen LogP contribution in [-0.4, -0.2) is 117 Å². The van der Waals surface area contributed by atoms with Crippen LogP contribution in [0.1, 0.15) is 27.7 Å². The standard InChI is InChI=1S/C20H40N6O2.HI/c1-5-21-19(25-12-14-26(15-13-25)20(27)28-7-3)22-16-18(4)17-24-10-8-23(6-2)9-11-24;/h18H,5-17H2,1-4H3,(H,21,22);1H. The van der Waals surface area contributed by atoms with E-state index in [2.05, 4.69) is 40.8 Å². The van der Waals surface area contributed by atoms with Crippen LogP contribution in [0.25, 0.3) is 0 Å². The number of hydrogen-bond donors (Lipinski definition) is 1. The van der Waals surface area contributed by atoms with Gasteiger partial charge in [-0.05, 0) is 26.3 Å². The van der Waals surface area contributed by atoms with Gasteiger partial charge in [-0.1, -0.05) is 13.8 Å². The van der Waals surface area contributed by atoms with Crippen LogP contribution in [-0.2, 0) is 4.74 Å². The Morgan fingerprint density at radius 1 is 0.966 bits per heavy atom. The predicted octanol–water partition coefficient (Wildman–Crippen LogP) is 1.62. The fourth-order valence-electron chi connectivity index (χ4n) is 3.77. The van der Waals surface area contributed by atoms with Crippen LogP contribution in [0.3, 0.4) is 0 Å². The second-order valence-electron chi connectivity index (χ2n) is 7.71. The van der Waals surface area contributed by atoms with Gasteiger partial charge in [-0.3, -0.25) is 4.99 Å². The van der Waals surface area contributed by atoms with Crippen molar-refractivity contribution in [3.63, 3.8) is 0 Å². The fourth-order valence-corrected chi connectivity index (χ4v) is 3.77. The lowest BCUT2D eigenvalue weighted by Crippen LogP contribution is -2.54. The molecule has 9 heteroatoms. The molecule has 0 spiro atoms. The van der Waals surface area contributed by atoms with Crippen LogP contribution < -0.4 is 5.32 Å². The maximum atomic E-state index is 11.9. The highest BCUT2D eigenvalue weighted by Crippen LogP contribution is 2.08. The van der Waals surface area contributed by atoms with E-state index in [9.17, 15) is 4.79 Å². The van der Waals surface area contributed by atoms with E-state index in [-0.39, 0.29) is 30.1 Å². The molecule has 2 aliphatic rings. The van der Waals surface area contributed by atoms with Gasteiger partial charge in [0, 0.05) is 72.0 Å². The highest BCUT2D eigenvalue weighted by molar-refractivity contribution is 14.0. The normalized spacial score (nSPS) is 20.2. The van der Waals surface area contributed by atoms with Crippen LogP contribution in [0.15, 0.2) is 4.99 Å². The minimum absolute atomic E-state index is 0. The smallest absolute Gasteiger partial charge is 0.409 e. The number of nitrogens with one attached hydrogen (secondary N) is 1. The van der Waals surface area contributed by atoms with E-state index < -0.39 is 0 Å². The summed E-state index contributed by atoms with van der Waals surface area (Å²) < 4.78 is 5.10. The summed E-state index contributed by atoms with van der Waals surface area (Å²) in [7, 11) is 0. The summed E-state index contributed by atoms with van der Waals surface area (Å²) in [5.74, 6) is 1.50. The van der Waals surface area contributed by atoms with E-state index in [0.717, 1.165) is 58.3 Å². The fraction of sp³-hybridized carbons (Fsp3) is 0.900. The molecule has 2 aliphatic heterocycles. The summed E-state index contributed by atoms with van der Waals surface area (Å²) >= 11 is 0. The summed E-state index contributed by atoms with van der Waals surface area (Å²) in [6.07, 6.45) is -0.208. The van der Waals surface area contributed by atoms with Gasteiger partial charge in [-0.2, -0.15) is 0 Å². The molecule has 0 radical (unpaired) electrons. The molecule has 2 saturated heterocycles. The van der Waals surface area contributed by atoms with Gasteiger partial charge < -0.3 is 29.7 Å². The molecule has 29 heavy (non-hydrogen) atoms. The van der Waals surface area contributed by atoms with Gasteiger partial charge in [0.05, 0.1) is 6.61 Å². The zero-order valence-corrected chi connectivity index (χ0v) is 21.1. The molecule has 1 unspecified atom stereocenters. The van der Waals surface area contributed by atoms with Crippen molar-refractivity contribution in [2.24, 2.45) is 10.9 Å². The Morgan fingerprint density at radius 2 is 1.55 bits per heavy atom. The largest absolute Gasteiger partial charge is 0.450 e. The molecule has 0 aromatic carbocycles. The topological polar surface area (TPSA) is 63.7 Å². The molecule has 170 valence electrons. The molecular weight excluding hydrogens is 483 g/mol.